The molecule has 102 valence electrons. The van der Waals surface area contributed by atoms with Crippen molar-refractivity contribution in [3.63, 3.8) is 0 Å². The molecule has 1 heterocycles. The highest BCUT2D eigenvalue weighted by atomic mass is 16.4. The summed E-state index contributed by atoms with van der Waals surface area (Å²) < 4.78 is 0. The number of nitrogens with zero attached hydrogens (tertiary/aromatic N) is 1. The molecule has 0 aromatic carbocycles. The maximum Gasteiger partial charge on any atom is 0.308 e. The maximum absolute atomic E-state index is 12.0. The third-order valence-corrected chi connectivity index (χ3v) is 4.39. The van der Waals surface area contributed by atoms with Crippen molar-refractivity contribution >= 4 is 11.9 Å². The largest absolute Gasteiger partial charge is 0.481 e. The summed E-state index contributed by atoms with van der Waals surface area (Å²) in [6.07, 6.45) is 4.18. The van der Waals surface area contributed by atoms with E-state index in [1.165, 1.54) is 6.42 Å². The summed E-state index contributed by atoms with van der Waals surface area (Å²) in [5.41, 5.74) is 0. The van der Waals surface area contributed by atoms with E-state index >= 15 is 0 Å². The van der Waals surface area contributed by atoms with Crippen molar-refractivity contribution in [2.75, 3.05) is 6.54 Å². The van der Waals surface area contributed by atoms with Crippen LogP contribution < -0.4 is 0 Å². The van der Waals surface area contributed by atoms with E-state index in [9.17, 15) is 9.59 Å². The molecule has 0 bridgehead atoms. The SMILES string of the molecule is CC1CC(C)CC(N2CC(C(=O)O)CCC2=O)C1. The number of aliphatic carboxylic acids is 1. The predicted molar refractivity (Wildman–Crippen MR) is 68.0 cm³/mol. The van der Waals surface area contributed by atoms with Gasteiger partial charge in [0, 0.05) is 19.0 Å². The molecule has 1 aliphatic heterocycles. The first-order valence-electron chi connectivity index (χ1n) is 6.99. The zero-order valence-electron chi connectivity index (χ0n) is 11.3. The van der Waals surface area contributed by atoms with Crippen molar-refractivity contribution in [3.05, 3.63) is 0 Å². The smallest absolute Gasteiger partial charge is 0.308 e. The summed E-state index contributed by atoms with van der Waals surface area (Å²) in [5, 5.41) is 9.11. The molecule has 1 saturated heterocycles. The number of hydrogen-bond donors (Lipinski definition) is 1. The first-order chi connectivity index (χ1) is 8.47. The van der Waals surface area contributed by atoms with Crippen LogP contribution in [0.5, 0.6) is 0 Å². The number of carboxylic acid groups (broad SMARTS) is 1. The van der Waals surface area contributed by atoms with Crippen LogP contribution in [0.15, 0.2) is 0 Å². The Balaban J connectivity index is 2.05. The lowest BCUT2D eigenvalue weighted by atomic mass is 9.79. The first-order valence-corrected chi connectivity index (χ1v) is 6.99. The second kappa shape index (κ2) is 5.29. The van der Waals surface area contributed by atoms with Crippen LogP contribution >= 0.6 is 0 Å². The molecule has 18 heavy (non-hydrogen) atoms. The normalized spacial score (nSPS) is 37.7. The topological polar surface area (TPSA) is 57.6 Å². The number of piperidine rings is 1. The van der Waals surface area contributed by atoms with Gasteiger partial charge in [-0.05, 0) is 37.5 Å². The first kappa shape index (κ1) is 13.4. The molecule has 2 fully saturated rings. The fraction of sp³-hybridized carbons (Fsp3) is 0.857. The molecular weight excluding hydrogens is 230 g/mol. The highest BCUT2D eigenvalue weighted by Gasteiger charge is 2.36. The highest BCUT2D eigenvalue weighted by Crippen LogP contribution is 2.33. The molecule has 1 amide bonds. The van der Waals surface area contributed by atoms with Crippen LogP contribution in [-0.2, 0) is 9.59 Å². The van der Waals surface area contributed by atoms with Gasteiger partial charge in [-0.1, -0.05) is 13.8 Å². The second-order valence-corrected chi connectivity index (χ2v) is 6.19. The number of likely N-dealkylation sites (tertiary alicyclic amines) is 1. The maximum atomic E-state index is 12.0. The van der Waals surface area contributed by atoms with E-state index in [-0.39, 0.29) is 17.9 Å². The van der Waals surface area contributed by atoms with Crippen LogP contribution in [0.2, 0.25) is 0 Å². The Hall–Kier alpha value is -1.06. The Morgan fingerprint density at radius 2 is 1.83 bits per heavy atom. The van der Waals surface area contributed by atoms with E-state index in [0.717, 1.165) is 12.8 Å². The molecule has 4 heteroatoms. The fourth-order valence-corrected chi connectivity index (χ4v) is 3.59. The van der Waals surface area contributed by atoms with Gasteiger partial charge < -0.3 is 10.0 Å². The summed E-state index contributed by atoms with van der Waals surface area (Å²) in [4.78, 5) is 24.9. The monoisotopic (exact) mass is 253 g/mol. The van der Waals surface area contributed by atoms with Crippen LogP contribution in [0.4, 0.5) is 0 Å². The number of carbonyl (C=O) groups excluding carboxylic acids is 1. The quantitative estimate of drug-likeness (QED) is 0.820. The standard InChI is InChI=1S/C14H23NO3/c1-9-5-10(2)7-12(6-9)15-8-11(14(17)18)3-4-13(15)16/h9-12H,3-8H2,1-2H3,(H,17,18). The van der Waals surface area contributed by atoms with E-state index in [0.29, 0.717) is 31.2 Å². The van der Waals surface area contributed by atoms with Gasteiger partial charge in [0.15, 0.2) is 0 Å². The van der Waals surface area contributed by atoms with Crippen LogP contribution in [0.1, 0.15) is 46.0 Å². The number of amides is 1. The average Bonchev–Trinajstić information content (AvgIpc) is 2.27. The molecule has 0 aromatic heterocycles. The van der Waals surface area contributed by atoms with Gasteiger partial charge in [-0.25, -0.2) is 0 Å². The third kappa shape index (κ3) is 2.85. The predicted octanol–water partition coefficient (Wildman–Crippen LogP) is 2.13. The number of hydrogen-bond acceptors (Lipinski definition) is 2. The van der Waals surface area contributed by atoms with Gasteiger partial charge in [-0.15, -0.1) is 0 Å². The van der Waals surface area contributed by atoms with Crippen molar-refractivity contribution < 1.29 is 14.7 Å². The molecule has 4 nitrogen and oxygen atoms in total. The summed E-state index contributed by atoms with van der Waals surface area (Å²) in [6, 6.07) is 0.262. The number of rotatable bonds is 2. The van der Waals surface area contributed by atoms with Crippen molar-refractivity contribution in [3.8, 4) is 0 Å². The summed E-state index contributed by atoms with van der Waals surface area (Å²) in [7, 11) is 0. The van der Waals surface area contributed by atoms with Crippen molar-refractivity contribution in [2.24, 2.45) is 17.8 Å². The third-order valence-electron chi connectivity index (χ3n) is 4.39. The summed E-state index contributed by atoms with van der Waals surface area (Å²) in [5.74, 6) is 0.298. The van der Waals surface area contributed by atoms with E-state index in [4.69, 9.17) is 5.11 Å². The number of carbonyl (C=O) groups is 2. The van der Waals surface area contributed by atoms with Gasteiger partial charge in [0.2, 0.25) is 5.91 Å². The van der Waals surface area contributed by atoms with Crippen LogP contribution in [0, 0.1) is 17.8 Å². The number of carboxylic acids is 1. The van der Waals surface area contributed by atoms with Crippen LogP contribution in [0.25, 0.3) is 0 Å². The lowest BCUT2D eigenvalue weighted by Crippen LogP contribution is -2.50. The Morgan fingerprint density at radius 3 is 2.39 bits per heavy atom. The Morgan fingerprint density at radius 1 is 1.22 bits per heavy atom. The van der Waals surface area contributed by atoms with Crippen molar-refractivity contribution in [1.82, 2.24) is 4.90 Å². The zero-order valence-corrected chi connectivity index (χ0v) is 11.3. The molecule has 2 rings (SSSR count). The Kier molecular flexibility index (Phi) is 3.93. The average molecular weight is 253 g/mol. The Bertz CT molecular complexity index is 332. The molecule has 3 atom stereocenters. The van der Waals surface area contributed by atoms with E-state index in [1.54, 1.807) is 0 Å². The molecule has 0 spiro atoms. The van der Waals surface area contributed by atoms with Gasteiger partial charge in [-0.3, -0.25) is 9.59 Å². The lowest BCUT2D eigenvalue weighted by molar-refractivity contribution is -0.149. The Labute approximate surface area is 108 Å². The minimum atomic E-state index is -0.760. The molecular formula is C14H23NO3. The van der Waals surface area contributed by atoms with Crippen LogP contribution in [-0.4, -0.2) is 34.5 Å². The lowest BCUT2D eigenvalue weighted by Gasteiger charge is -2.42. The molecule has 3 unspecified atom stereocenters. The molecule has 0 radical (unpaired) electrons. The minimum Gasteiger partial charge on any atom is -0.481 e. The van der Waals surface area contributed by atoms with Gasteiger partial charge in [0.1, 0.15) is 0 Å². The molecule has 1 saturated carbocycles. The van der Waals surface area contributed by atoms with Crippen molar-refractivity contribution in [2.45, 2.75) is 52.0 Å². The van der Waals surface area contributed by atoms with Crippen molar-refractivity contribution in [1.29, 1.82) is 0 Å². The van der Waals surface area contributed by atoms with Gasteiger partial charge >= 0.3 is 5.97 Å². The summed E-state index contributed by atoms with van der Waals surface area (Å²) in [6.45, 7) is 4.87. The second-order valence-electron chi connectivity index (χ2n) is 6.19. The fourth-order valence-electron chi connectivity index (χ4n) is 3.59. The van der Waals surface area contributed by atoms with E-state index < -0.39 is 5.97 Å². The zero-order chi connectivity index (χ0) is 13.3. The van der Waals surface area contributed by atoms with Crippen LogP contribution in [0.3, 0.4) is 0 Å². The van der Waals surface area contributed by atoms with E-state index in [1.807, 2.05) is 4.90 Å². The highest BCUT2D eigenvalue weighted by molar-refractivity contribution is 5.80. The summed E-state index contributed by atoms with van der Waals surface area (Å²) >= 11 is 0. The van der Waals surface area contributed by atoms with E-state index in [2.05, 4.69) is 13.8 Å². The van der Waals surface area contributed by atoms with Gasteiger partial charge in [0.05, 0.1) is 5.92 Å². The minimum absolute atomic E-state index is 0.152. The molecule has 1 aliphatic carbocycles. The van der Waals surface area contributed by atoms with Gasteiger partial charge in [-0.2, -0.15) is 0 Å². The molecule has 0 aromatic rings. The molecule has 2 aliphatic rings. The molecule has 1 N–H and O–H groups in total. The van der Waals surface area contributed by atoms with Gasteiger partial charge in [0.25, 0.3) is 0 Å².